The molecule has 5 nitrogen and oxygen atoms in total. The van der Waals surface area contributed by atoms with Gasteiger partial charge >= 0.3 is 0 Å². The first-order valence-corrected chi connectivity index (χ1v) is 4.46. The summed E-state index contributed by atoms with van der Waals surface area (Å²) in [6, 6.07) is 6.74. The fourth-order valence-electron chi connectivity index (χ4n) is 1.12. The van der Waals surface area contributed by atoms with Gasteiger partial charge in [-0.25, -0.2) is 0 Å². The average molecular weight is 219 g/mol. The van der Waals surface area contributed by atoms with Crippen LogP contribution in [0, 0.1) is 0 Å². The second kappa shape index (κ2) is 4.97. The molecule has 0 radical (unpaired) electrons. The number of benzene rings is 1. The molecule has 0 unspecified atom stereocenters. The highest BCUT2D eigenvalue weighted by atomic mass is 16.2. The Balaban J connectivity index is 0.000000221. The summed E-state index contributed by atoms with van der Waals surface area (Å²) in [4.78, 5) is 40.5. The van der Waals surface area contributed by atoms with Crippen molar-refractivity contribution in [3.05, 3.63) is 35.4 Å². The summed E-state index contributed by atoms with van der Waals surface area (Å²) >= 11 is 0. The normalized spacial score (nSPS) is 12.1. The van der Waals surface area contributed by atoms with Crippen molar-refractivity contribution in [3.63, 3.8) is 0 Å². The SMILES string of the molecule is CC(=O)C=O.O=C1NC(=O)c2ccccc21. The fourth-order valence-corrected chi connectivity index (χ4v) is 1.12. The molecule has 82 valence electrons. The summed E-state index contributed by atoms with van der Waals surface area (Å²) in [5, 5.41) is 2.20. The topological polar surface area (TPSA) is 80.3 Å². The van der Waals surface area contributed by atoms with E-state index in [0.29, 0.717) is 11.1 Å². The molecule has 0 bridgehead atoms. The summed E-state index contributed by atoms with van der Waals surface area (Å²) in [5.74, 6) is -1.03. The first-order chi connectivity index (χ1) is 7.56. The van der Waals surface area contributed by atoms with E-state index >= 15 is 0 Å². The maximum absolute atomic E-state index is 10.9. The number of fused-ring (bicyclic) bond motifs is 1. The zero-order valence-electron chi connectivity index (χ0n) is 8.52. The molecule has 0 atom stereocenters. The number of rotatable bonds is 1. The zero-order chi connectivity index (χ0) is 12.1. The van der Waals surface area contributed by atoms with Crippen molar-refractivity contribution in [1.82, 2.24) is 5.32 Å². The molecular formula is C11H9NO4. The Morgan fingerprint density at radius 1 is 1.12 bits per heavy atom. The van der Waals surface area contributed by atoms with E-state index in [1.807, 2.05) is 0 Å². The van der Waals surface area contributed by atoms with Gasteiger partial charge in [-0.3, -0.25) is 24.5 Å². The highest BCUT2D eigenvalue weighted by Crippen LogP contribution is 2.13. The Kier molecular flexibility index (Phi) is 3.66. The fraction of sp³-hybridized carbons (Fsp3) is 0.0909. The third-order valence-corrected chi connectivity index (χ3v) is 1.81. The maximum Gasteiger partial charge on any atom is 0.258 e. The number of hydrogen-bond donors (Lipinski definition) is 1. The Bertz CT molecular complexity index is 432. The van der Waals surface area contributed by atoms with E-state index < -0.39 is 5.78 Å². The first kappa shape index (κ1) is 11.8. The van der Waals surface area contributed by atoms with E-state index in [2.05, 4.69) is 5.32 Å². The maximum atomic E-state index is 10.9. The van der Waals surface area contributed by atoms with Gasteiger partial charge in [-0.05, 0) is 12.1 Å². The van der Waals surface area contributed by atoms with Crippen LogP contribution in [-0.2, 0) is 9.59 Å². The van der Waals surface area contributed by atoms with Crippen molar-refractivity contribution in [2.45, 2.75) is 6.92 Å². The van der Waals surface area contributed by atoms with Crippen LogP contribution in [0.3, 0.4) is 0 Å². The molecule has 16 heavy (non-hydrogen) atoms. The molecule has 0 saturated carbocycles. The molecule has 0 fully saturated rings. The molecule has 1 heterocycles. The van der Waals surface area contributed by atoms with Crippen LogP contribution in [0.15, 0.2) is 24.3 Å². The van der Waals surface area contributed by atoms with Crippen molar-refractivity contribution < 1.29 is 19.2 Å². The summed E-state index contributed by atoms with van der Waals surface area (Å²) in [5.41, 5.74) is 0.940. The van der Waals surface area contributed by atoms with E-state index in [-0.39, 0.29) is 18.1 Å². The van der Waals surface area contributed by atoms with E-state index in [1.54, 1.807) is 24.3 Å². The molecule has 1 aromatic rings. The van der Waals surface area contributed by atoms with Gasteiger partial charge in [-0.2, -0.15) is 0 Å². The Labute approximate surface area is 91.5 Å². The van der Waals surface area contributed by atoms with E-state index in [9.17, 15) is 14.4 Å². The van der Waals surface area contributed by atoms with Crippen molar-refractivity contribution >= 4 is 23.9 Å². The minimum absolute atomic E-state index is 0.278. The summed E-state index contributed by atoms with van der Waals surface area (Å²) in [6.07, 6.45) is 0.278. The van der Waals surface area contributed by atoms with Crippen molar-refractivity contribution in [2.24, 2.45) is 0 Å². The predicted molar refractivity (Wildman–Crippen MR) is 55.0 cm³/mol. The van der Waals surface area contributed by atoms with Crippen LogP contribution in [0.1, 0.15) is 27.6 Å². The number of carbonyl (C=O) groups excluding carboxylic acids is 4. The van der Waals surface area contributed by atoms with Crippen molar-refractivity contribution in [2.75, 3.05) is 0 Å². The molecule has 0 aliphatic carbocycles. The van der Waals surface area contributed by atoms with E-state index in [0.717, 1.165) is 0 Å². The van der Waals surface area contributed by atoms with Gasteiger partial charge in [-0.15, -0.1) is 0 Å². The largest absolute Gasteiger partial charge is 0.295 e. The molecule has 1 N–H and O–H groups in total. The Morgan fingerprint density at radius 2 is 1.50 bits per heavy atom. The Morgan fingerprint density at radius 3 is 1.81 bits per heavy atom. The quantitative estimate of drug-likeness (QED) is 0.419. The van der Waals surface area contributed by atoms with Gasteiger partial charge in [-0.1, -0.05) is 12.1 Å². The second-order valence-corrected chi connectivity index (χ2v) is 3.06. The van der Waals surface area contributed by atoms with E-state index in [1.165, 1.54) is 6.92 Å². The van der Waals surface area contributed by atoms with Crippen LogP contribution in [0.25, 0.3) is 0 Å². The lowest BCUT2D eigenvalue weighted by Crippen LogP contribution is -2.19. The van der Waals surface area contributed by atoms with Gasteiger partial charge in [0.05, 0.1) is 11.1 Å². The molecule has 2 amide bonds. The van der Waals surface area contributed by atoms with Crippen LogP contribution >= 0.6 is 0 Å². The molecule has 1 aromatic carbocycles. The lowest BCUT2D eigenvalue weighted by Gasteiger charge is -1.88. The number of imide groups is 1. The van der Waals surface area contributed by atoms with Gasteiger partial charge in [0.15, 0.2) is 12.1 Å². The van der Waals surface area contributed by atoms with Gasteiger partial charge in [0.2, 0.25) is 0 Å². The summed E-state index contributed by atoms with van der Waals surface area (Å²) in [7, 11) is 0. The lowest BCUT2D eigenvalue weighted by atomic mass is 10.1. The van der Waals surface area contributed by atoms with Crippen LogP contribution in [-0.4, -0.2) is 23.9 Å². The number of nitrogens with one attached hydrogen (secondary N) is 1. The highest BCUT2D eigenvalue weighted by Gasteiger charge is 2.25. The third kappa shape index (κ3) is 2.60. The van der Waals surface area contributed by atoms with Crippen LogP contribution in [0.4, 0.5) is 0 Å². The van der Waals surface area contributed by atoms with Gasteiger partial charge in [0, 0.05) is 6.92 Å². The second-order valence-electron chi connectivity index (χ2n) is 3.06. The summed E-state index contributed by atoms with van der Waals surface area (Å²) < 4.78 is 0. The van der Waals surface area contributed by atoms with Gasteiger partial charge < -0.3 is 0 Å². The molecule has 5 heteroatoms. The molecule has 1 aliphatic heterocycles. The Hall–Kier alpha value is -2.30. The predicted octanol–water partition coefficient (Wildman–Crippen LogP) is 0.344. The van der Waals surface area contributed by atoms with Crippen LogP contribution in [0.2, 0.25) is 0 Å². The minimum Gasteiger partial charge on any atom is -0.295 e. The lowest BCUT2D eigenvalue weighted by molar-refractivity contribution is -0.128. The molecular weight excluding hydrogens is 210 g/mol. The van der Waals surface area contributed by atoms with Crippen LogP contribution in [0.5, 0.6) is 0 Å². The number of hydrogen-bond acceptors (Lipinski definition) is 4. The van der Waals surface area contributed by atoms with Crippen molar-refractivity contribution in [1.29, 1.82) is 0 Å². The average Bonchev–Trinajstić information content (AvgIpc) is 2.56. The number of ketones is 1. The molecule has 0 saturated heterocycles. The standard InChI is InChI=1S/C8H5NO2.C3H4O2/c10-7-5-3-1-2-4-6(5)8(11)9-7;1-3(5)2-4/h1-4H,(H,9,10,11);2H,1H3. The smallest absolute Gasteiger partial charge is 0.258 e. The molecule has 0 spiro atoms. The number of carbonyl (C=O) groups is 4. The molecule has 2 rings (SSSR count). The van der Waals surface area contributed by atoms with E-state index in [4.69, 9.17) is 4.79 Å². The number of Topliss-reactive ketones (excluding diaryl/α,β-unsaturated/α-hetero) is 1. The summed E-state index contributed by atoms with van der Waals surface area (Å²) in [6.45, 7) is 1.22. The monoisotopic (exact) mass is 219 g/mol. The molecule has 0 aromatic heterocycles. The highest BCUT2D eigenvalue weighted by molar-refractivity contribution is 6.23. The van der Waals surface area contributed by atoms with Gasteiger partial charge in [0.1, 0.15) is 0 Å². The van der Waals surface area contributed by atoms with Crippen molar-refractivity contribution in [3.8, 4) is 0 Å². The van der Waals surface area contributed by atoms with Gasteiger partial charge in [0.25, 0.3) is 11.8 Å². The molecule has 1 aliphatic rings. The zero-order valence-corrected chi connectivity index (χ0v) is 8.52. The minimum atomic E-state index is -0.426. The van der Waals surface area contributed by atoms with Crippen LogP contribution < -0.4 is 5.32 Å². The third-order valence-electron chi connectivity index (χ3n) is 1.81. The number of aldehydes is 1. The number of amides is 2. The first-order valence-electron chi connectivity index (χ1n) is 4.46.